The summed E-state index contributed by atoms with van der Waals surface area (Å²) < 4.78 is 6.30. The monoisotopic (exact) mass is 228 g/mol. The lowest BCUT2D eigenvalue weighted by atomic mass is 10.2. The van der Waals surface area contributed by atoms with Crippen LogP contribution in [0.15, 0.2) is 4.99 Å². The Hall–Kier alpha value is -0.690. The molecule has 1 fully saturated rings. The van der Waals surface area contributed by atoms with Crippen LogP contribution in [0, 0.1) is 0 Å². The van der Waals surface area contributed by atoms with Crippen LogP contribution in [0.2, 0.25) is 0 Å². The quantitative estimate of drug-likeness (QED) is 0.509. The summed E-state index contributed by atoms with van der Waals surface area (Å²) in [6, 6.07) is 0. The van der Waals surface area contributed by atoms with Gasteiger partial charge in [-0.3, -0.25) is 4.48 Å². The van der Waals surface area contributed by atoms with Crippen molar-refractivity contribution in [1.82, 2.24) is 5.32 Å². The summed E-state index contributed by atoms with van der Waals surface area (Å²) in [6.45, 7) is 5.95. The van der Waals surface area contributed by atoms with Gasteiger partial charge >= 0.3 is 0 Å². The van der Waals surface area contributed by atoms with E-state index in [2.05, 4.69) is 10.3 Å². The Bertz CT molecular complexity index is 262. The molecule has 2 aliphatic heterocycles. The van der Waals surface area contributed by atoms with Gasteiger partial charge in [-0.05, 0) is 6.54 Å². The number of nitrogens with zero attached hydrogens (tertiary/aromatic N) is 2. The maximum atomic E-state index is 5.83. The third-order valence-electron chi connectivity index (χ3n) is 3.32. The molecule has 1 saturated heterocycles. The summed E-state index contributed by atoms with van der Waals surface area (Å²) in [5.74, 6) is 1.03. The molecule has 16 heavy (non-hydrogen) atoms. The van der Waals surface area contributed by atoms with Crippen molar-refractivity contribution in [1.29, 1.82) is 0 Å². The molecule has 5 N–H and O–H groups in total. The molecular weight excluding hydrogens is 206 g/mol. The number of nitrogens with one attached hydrogen (secondary N) is 1. The summed E-state index contributed by atoms with van der Waals surface area (Å²) in [7, 11) is 0. The maximum absolute atomic E-state index is 5.83. The lowest BCUT2D eigenvalue weighted by molar-refractivity contribution is -0.853. The van der Waals surface area contributed by atoms with Crippen molar-refractivity contribution in [3.63, 3.8) is 0 Å². The molecule has 1 atom stereocenters. The van der Waals surface area contributed by atoms with Gasteiger partial charge in [-0.25, -0.2) is 4.99 Å². The van der Waals surface area contributed by atoms with Crippen LogP contribution in [0.1, 0.15) is 6.42 Å². The van der Waals surface area contributed by atoms with Crippen LogP contribution in [0.4, 0.5) is 0 Å². The number of nitrogens with two attached hydrogens (primary N) is 2. The van der Waals surface area contributed by atoms with Gasteiger partial charge in [-0.1, -0.05) is 0 Å². The van der Waals surface area contributed by atoms with Crippen molar-refractivity contribution in [2.45, 2.75) is 12.6 Å². The molecule has 0 amide bonds. The number of hydrogen-bond donors (Lipinski definition) is 3. The Morgan fingerprint density at radius 3 is 2.75 bits per heavy atom. The van der Waals surface area contributed by atoms with Crippen molar-refractivity contribution < 1.29 is 9.22 Å². The lowest BCUT2D eigenvalue weighted by Crippen LogP contribution is -2.63. The average Bonchev–Trinajstić information content (AvgIpc) is 2.75. The molecule has 92 valence electrons. The van der Waals surface area contributed by atoms with E-state index in [0.29, 0.717) is 6.54 Å². The molecule has 0 aromatic carbocycles. The summed E-state index contributed by atoms with van der Waals surface area (Å²) in [6.07, 6.45) is 0.987. The van der Waals surface area contributed by atoms with Crippen LogP contribution >= 0.6 is 0 Å². The Balaban J connectivity index is 2.07. The highest BCUT2D eigenvalue weighted by molar-refractivity contribution is 5.75. The summed E-state index contributed by atoms with van der Waals surface area (Å²) >= 11 is 0. The number of morpholine rings is 1. The van der Waals surface area contributed by atoms with Crippen molar-refractivity contribution in [2.75, 3.05) is 45.9 Å². The Morgan fingerprint density at radius 2 is 2.19 bits per heavy atom. The number of quaternary nitrogens is 1. The Labute approximate surface area is 96.2 Å². The first-order valence-electron chi connectivity index (χ1n) is 5.98. The van der Waals surface area contributed by atoms with Gasteiger partial charge in [-0.15, -0.1) is 0 Å². The van der Waals surface area contributed by atoms with E-state index < -0.39 is 0 Å². The van der Waals surface area contributed by atoms with E-state index in [1.165, 1.54) is 0 Å². The molecule has 0 bridgehead atoms. The minimum atomic E-state index is -0.0225. The van der Waals surface area contributed by atoms with Crippen LogP contribution < -0.4 is 16.8 Å². The van der Waals surface area contributed by atoms with Crippen molar-refractivity contribution in [2.24, 2.45) is 16.5 Å². The van der Waals surface area contributed by atoms with Gasteiger partial charge in [0.25, 0.3) is 5.96 Å². The molecule has 2 rings (SSSR count). The van der Waals surface area contributed by atoms with Crippen LogP contribution in [0.3, 0.4) is 0 Å². The third kappa shape index (κ3) is 2.35. The summed E-state index contributed by atoms with van der Waals surface area (Å²) in [4.78, 5) is 4.52. The zero-order valence-corrected chi connectivity index (χ0v) is 9.69. The highest BCUT2D eigenvalue weighted by Gasteiger charge is 2.38. The number of hydrogen-bond acceptors (Lipinski definition) is 5. The highest BCUT2D eigenvalue weighted by Crippen LogP contribution is 2.15. The zero-order valence-electron chi connectivity index (χ0n) is 9.69. The Morgan fingerprint density at radius 1 is 1.44 bits per heavy atom. The molecule has 0 aromatic rings. The molecule has 0 aromatic heterocycles. The molecule has 0 saturated carbocycles. The smallest absolute Gasteiger partial charge is 0.299 e. The van der Waals surface area contributed by atoms with E-state index in [9.17, 15) is 0 Å². The summed E-state index contributed by atoms with van der Waals surface area (Å²) in [5, 5.41) is 3.28. The van der Waals surface area contributed by atoms with Gasteiger partial charge in [0.2, 0.25) is 0 Å². The second-order valence-corrected chi connectivity index (χ2v) is 4.49. The fraction of sp³-hybridized carbons (Fsp3) is 0.900. The van der Waals surface area contributed by atoms with Crippen molar-refractivity contribution in [3.05, 3.63) is 0 Å². The normalized spacial score (nSPS) is 28.6. The van der Waals surface area contributed by atoms with Gasteiger partial charge in [0, 0.05) is 6.42 Å². The van der Waals surface area contributed by atoms with Crippen molar-refractivity contribution >= 4 is 5.96 Å². The number of ether oxygens (including phenoxy) is 1. The fourth-order valence-electron chi connectivity index (χ4n) is 2.36. The molecule has 0 spiro atoms. The van der Waals surface area contributed by atoms with E-state index in [0.717, 1.165) is 56.3 Å². The second-order valence-electron chi connectivity index (χ2n) is 4.49. The number of rotatable bonds is 3. The minimum Gasteiger partial charge on any atom is -0.370 e. The van der Waals surface area contributed by atoms with E-state index in [-0.39, 0.29) is 6.17 Å². The first kappa shape index (κ1) is 11.8. The van der Waals surface area contributed by atoms with Gasteiger partial charge in [0.15, 0.2) is 0 Å². The van der Waals surface area contributed by atoms with Crippen LogP contribution in [-0.2, 0) is 4.74 Å². The molecule has 0 radical (unpaired) electrons. The van der Waals surface area contributed by atoms with Crippen LogP contribution in [-0.4, -0.2) is 62.5 Å². The SMILES string of the molecule is NCCC[N+]1(C2=NCC(N)N2)CCOCC1. The summed E-state index contributed by atoms with van der Waals surface area (Å²) in [5.41, 5.74) is 11.4. The molecule has 6 heteroatoms. The topological polar surface area (TPSA) is 85.7 Å². The van der Waals surface area contributed by atoms with Crippen LogP contribution in [0.5, 0.6) is 0 Å². The fourth-order valence-corrected chi connectivity index (χ4v) is 2.36. The first-order chi connectivity index (χ1) is 7.77. The predicted molar refractivity (Wildman–Crippen MR) is 62.8 cm³/mol. The molecular formula is C10H22N5O+. The number of guanidine groups is 1. The highest BCUT2D eigenvalue weighted by atomic mass is 16.5. The average molecular weight is 228 g/mol. The van der Waals surface area contributed by atoms with Gasteiger partial charge in [0.05, 0.1) is 26.3 Å². The molecule has 1 unspecified atom stereocenters. The third-order valence-corrected chi connectivity index (χ3v) is 3.32. The van der Waals surface area contributed by atoms with Gasteiger partial charge in [0.1, 0.15) is 19.3 Å². The standard InChI is InChI=1S/C10H22N5O/c11-2-1-3-15(4-6-16-7-5-15)10-13-8-9(12)14-10/h9H,1-8,11-12H2,(H,13,14)/q+1. The maximum Gasteiger partial charge on any atom is 0.299 e. The number of aliphatic imine (C=N–C) groups is 1. The van der Waals surface area contributed by atoms with Gasteiger partial charge in [-0.2, -0.15) is 0 Å². The molecule has 0 aliphatic carbocycles. The van der Waals surface area contributed by atoms with E-state index in [1.54, 1.807) is 0 Å². The van der Waals surface area contributed by atoms with E-state index in [1.807, 2.05) is 0 Å². The Kier molecular flexibility index (Phi) is 3.75. The largest absolute Gasteiger partial charge is 0.370 e. The van der Waals surface area contributed by atoms with Gasteiger partial charge < -0.3 is 21.5 Å². The predicted octanol–water partition coefficient (Wildman–Crippen LogP) is -1.57. The molecule has 2 heterocycles. The molecule has 6 nitrogen and oxygen atoms in total. The zero-order chi connectivity index (χ0) is 11.4. The lowest BCUT2D eigenvalue weighted by Gasteiger charge is -2.40. The second kappa shape index (κ2) is 5.09. The van der Waals surface area contributed by atoms with E-state index in [4.69, 9.17) is 16.2 Å². The minimum absolute atomic E-state index is 0.0225. The van der Waals surface area contributed by atoms with Crippen molar-refractivity contribution in [3.8, 4) is 0 Å². The van der Waals surface area contributed by atoms with Crippen LogP contribution in [0.25, 0.3) is 0 Å². The first-order valence-corrected chi connectivity index (χ1v) is 5.98. The van der Waals surface area contributed by atoms with E-state index >= 15 is 0 Å². The molecule has 2 aliphatic rings.